The quantitative estimate of drug-likeness (QED) is 0.618. The average molecular weight is 170 g/mol. The molecule has 12 heavy (non-hydrogen) atoms. The Morgan fingerprint density at radius 3 is 1.50 bits per heavy atom. The van der Waals surface area contributed by atoms with Crippen molar-refractivity contribution in [1.82, 2.24) is 0 Å². The highest BCUT2D eigenvalue weighted by Gasteiger charge is 2.41. The molecule has 0 radical (unpaired) electrons. The first kappa shape index (κ1) is 8.20. The number of Topliss-reactive ketones (excluding diaryl/α,β-unsaturated/α-hetero) is 1. The molecular formula is C9H14O3. The number of carbonyl (C=O) groups is 1. The van der Waals surface area contributed by atoms with Crippen molar-refractivity contribution in [3.05, 3.63) is 0 Å². The maximum Gasteiger partial charge on any atom is 0.139 e. The van der Waals surface area contributed by atoms with Crippen molar-refractivity contribution in [2.75, 3.05) is 0 Å². The van der Waals surface area contributed by atoms with Gasteiger partial charge in [-0.2, -0.15) is 0 Å². The smallest absolute Gasteiger partial charge is 0.139 e. The molecule has 0 bridgehead atoms. The van der Waals surface area contributed by atoms with E-state index in [1.54, 1.807) is 0 Å². The molecule has 0 saturated heterocycles. The Kier molecular flexibility index (Phi) is 1.93. The monoisotopic (exact) mass is 170 g/mol. The van der Waals surface area contributed by atoms with Crippen LogP contribution in [0.4, 0.5) is 0 Å². The van der Waals surface area contributed by atoms with Gasteiger partial charge in [0.1, 0.15) is 5.78 Å². The van der Waals surface area contributed by atoms with E-state index in [2.05, 4.69) is 0 Å². The second-order valence-electron chi connectivity index (χ2n) is 4.05. The lowest BCUT2D eigenvalue weighted by atomic mass is 9.69. The van der Waals surface area contributed by atoms with Crippen molar-refractivity contribution in [3.8, 4) is 0 Å². The Morgan fingerprint density at radius 2 is 1.25 bits per heavy atom. The van der Waals surface area contributed by atoms with Gasteiger partial charge in [0.2, 0.25) is 0 Å². The SMILES string of the molecule is O=C(C1CC(O)C1)C1CC(O)C1. The van der Waals surface area contributed by atoms with Gasteiger partial charge in [0, 0.05) is 11.8 Å². The normalized spacial score (nSPS) is 46.2. The third-order valence-corrected chi connectivity index (χ3v) is 3.03. The highest BCUT2D eigenvalue weighted by Crippen LogP contribution is 2.37. The molecule has 0 spiro atoms. The molecule has 2 aliphatic carbocycles. The first-order valence-electron chi connectivity index (χ1n) is 4.56. The van der Waals surface area contributed by atoms with Crippen LogP contribution >= 0.6 is 0 Å². The molecule has 0 aromatic heterocycles. The lowest BCUT2D eigenvalue weighted by molar-refractivity contribution is -0.139. The number of ketones is 1. The van der Waals surface area contributed by atoms with E-state index < -0.39 is 0 Å². The number of hydrogen-bond acceptors (Lipinski definition) is 3. The number of aliphatic hydroxyl groups excluding tert-OH is 2. The van der Waals surface area contributed by atoms with E-state index in [1.165, 1.54) is 0 Å². The fourth-order valence-corrected chi connectivity index (χ4v) is 1.97. The molecule has 0 amide bonds. The van der Waals surface area contributed by atoms with Crippen LogP contribution < -0.4 is 0 Å². The average Bonchev–Trinajstić information content (AvgIpc) is 1.91. The van der Waals surface area contributed by atoms with Crippen LogP contribution in [0.25, 0.3) is 0 Å². The van der Waals surface area contributed by atoms with Gasteiger partial charge in [-0.25, -0.2) is 0 Å². The van der Waals surface area contributed by atoms with Crippen LogP contribution in [0.15, 0.2) is 0 Å². The van der Waals surface area contributed by atoms with E-state index >= 15 is 0 Å². The Hall–Kier alpha value is -0.410. The minimum atomic E-state index is -0.246. The summed E-state index contributed by atoms with van der Waals surface area (Å²) in [5.74, 6) is 0.459. The first-order valence-corrected chi connectivity index (χ1v) is 4.56. The Labute approximate surface area is 71.4 Å². The van der Waals surface area contributed by atoms with Crippen molar-refractivity contribution >= 4 is 5.78 Å². The summed E-state index contributed by atoms with van der Waals surface area (Å²) < 4.78 is 0. The van der Waals surface area contributed by atoms with Crippen LogP contribution in [0.1, 0.15) is 25.7 Å². The number of rotatable bonds is 2. The largest absolute Gasteiger partial charge is 0.393 e. The maximum absolute atomic E-state index is 11.5. The molecule has 0 heterocycles. The standard InChI is InChI=1S/C9H14O3/c10-7-1-5(2-7)9(12)6-3-8(11)4-6/h5-8,10-11H,1-4H2. The molecule has 68 valence electrons. The Balaban J connectivity index is 1.78. The second-order valence-corrected chi connectivity index (χ2v) is 4.05. The zero-order valence-electron chi connectivity index (χ0n) is 6.94. The third-order valence-electron chi connectivity index (χ3n) is 3.03. The molecule has 3 nitrogen and oxygen atoms in total. The number of aliphatic hydroxyl groups is 2. The van der Waals surface area contributed by atoms with Crippen LogP contribution in [0.2, 0.25) is 0 Å². The molecule has 0 unspecified atom stereocenters. The second kappa shape index (κ2) is 2.82. The molecule has 2 rings (SSSR count). The molecule has 2 saturated carbocycles. The molecule has 2 aliphatic rings. The van der Waals surface area contributed by atoms with Crippen molar-refractivity contribution < 1.29 is 15.0 Å². The summed E-state index contributed by atoms with van der Waals surface area (Å²) in [6, 6.07) is 0. The van der Waals surface area contributed by atoms with Gasteiger partial charge in [-0.3, -0.25) is 4.79 Å². The van der Waals surface area contributed by atoms with Crippen LogP contribution in [0.5, 0.6) is 0 Å². The lowest BCUT2D eigenvalue weighted by Crippen LogP contribution is -2.43. The van der Waals surface area contributed by atoms with Gasteiger partial charge in [0.15, 0.2) is 0 Å². The summed E-state index contributed by atoms with van der Waals surface area (Å²) in [5, 5.41) is 18.0. The Bertz CT molecular complexity index is 170. The van der Waals surface area contributed by atoms with E-state index in [4.69, 9.17) is 10.2 Å². The lowest BCUT2D eigenvalue weighted by Gasteiger charge is -2.37. The highest BCUT2D eigenvalue weighted by atomic mass is 16.3. The van der Waals surface area contributed by atoms with Gasteiger partial charge in [-0.1, -0.05) is 0 Å². The van der Waals surface area contributed by atoms with Crippen molar-refractivity contribution in [1.29, 1.82) is 0 Å². The van der Waals surface area contributed by atoms with Gasteiger partial charge in [-0.05, 0) is 25.7 Å². The predicted octanol–water partition coefficient (Wildman–Crippen LogP) is 0.0973. The molecule has 0 atom stereocenters. The fourth-order valence-electron chi connectivity index (χ4n) is 1.97. The molecule has 3 heteroatoms. The minimum Gasteiger partial charge on any atom is -0.393 e. The van der Waals surface area contributed by atoms with E-state index in [1.807, 2.05) is 0 Å². The summed E-state index contributed by atoms with van der Waals surface area (Å²) in [7, 11) is 0. The van der Waals surface area contributed by atoms with Gasteiger partial charge in [0.25, 0.3) is 0 Å². The molecule has 2 N–H and O–H groups in total. The number of carbonyl (C=O) groups excluding carboxylic acids is 1. The molecule has 0 aromatic carbocycles. The predicted molar refractivity (Wildman–Crippen MR) is 42.5 cm³/mol. The van der Waals surface area contributed by atoms with Gasteiger partial charge < -0.3 is 10.2 Å². The van der Waals surface area contributed by atoms with Gasteiger partial charge in [-0.15, -0.1) is 0 Å². The summed E-state index contributed by atoms with van der Waals surface area (Å²) in [5.41, 5.74) is 0. The number of hydrogen-bond donors (Lipinski definition) is 2. The molecular weight excluding hydrogens is 156 g/mol. The first-order chi connectivity index (χ1) is 5.66. The zero-order valence-corrected chi connectivity index (χ0v) is 6.94. The van der Waals surface area contributed by atoms with Crippen LogP contribution in [-0.4, -0.2) is 28.2 Å². The molecule has 0 aliphatic heterocycles. The van der Waals surface area contributed by atoms with Gasteiger partial charge in [0.05, 0.1) is 12.2 Å². The van der Waals surface area contributed by atoms with Crippen LogP contribution in [0.3, 0.4) is 0 Å². The zero-order chi connectivity index (χ0) is 8.72. The fraction of sp³-hybridized carbons (Fsp3) is 0.889. The highest BCUT2D eigenvalue weighted by molar-refractivity contribution is 5.85. The van der Waals surface area contributed by atoms with Gasteiger partial charge >= 0.3 is 0 Å². The summed E-state index contributed by atoms with van der Waals surface area (Å²) in [4.78, 5) is 11.5. The summed E-state index contributed by atoms with van der Waals surface area (Å²) >= 11 is 0. The minimum absolute atomic E-state index is 0.0949. The molecule has 2 fully saturated rings. The van der Waals surface area contributed by atoms with Crippen LogP contribution in [0, 0.1) is 11.8 Å². The van der Waals surface area contributed by atoms with E-state index in [0.29, 0.717) is 25.7 Å². The Morgan fingerprint density at radius 1 is 0.917 bits per heavy atom. The molecule has 0 aromatic rings. The maximum atomic E-state index is 11.5. The van der Waals surface area contributed by atoms with Crippen molar-refractivity contribution in [2.45, 2.75) is 37.9 Å². The van der Waals surface area contributed by atoms with E-state index in [-0.39, 0.29) is 29.8 Å². The van der Waals surface area contributed by atoms with Crippen LogP contribution in [-0.2, 0) is 4.79 Å². The topological polar surface area (TPSA) is 57.5 Å². The summed E-state index contributed by atoms with van der Waals surface area (Å²) in [6.45, 7) is 0. The van der Waals surface area contributed by atoms with Crippen molar-refractivity contribution in [2.24, 2.45) is 11.8 Å². The van der Waals surface area contributed by atoms with Crippen molar-refractivity contribution in [3.63, 3.8) is 0 Å². The van der Waals surface area contributed by atoms with E-state index in [9.17, 15) is 4.79 Å². The third kappa shape index (κ3) is 1.27. The van der Waals surface area contributed by atoms with E-state index in [0.717, 1.165) is 0 Å². The summed E-state index contributed by atoms with van der Waals surface area (Å²) in [6.07, 6.45) is 2.08.